The number of rotatable bonds is 3. The summed E-state index contributed by atoms with van der Waals surface area (Å²) in [6.45, 7) is 0. The molecule has 1 heterocycles. The van der Waals surface area contributed by atoms with Crippen LogP contribution in [0.15, 0.2) is 65.6 Å². The van der Waals surface area contributed by atoms with Gasteiger partial charge in [0.15, 0.2) is 5.44 Å². The highest BCUT2D eigenvalue weighted by atomic mass is 32.2. The van der Waals surface area contributed by atoms with Gasteiger partial charge in [0.25, 0.3) is 0 Å². The van der Waals surface area contributed by atoms with E-state index < -0.39 is 15.3 Å². The van der Waals surface area contributed by atoms with E-state index in [4.69, 9.17) is 4.74 Å². The zero-order valence-electron chi connectivity index (χ0n) is 9.56. The van der Waals surface area contributed by atoms with Crippen LogP contribution < -0.4 is 0 Å². The summed E-state index contributed by atoms with van der Waals surface area (Å²) in [6, 6.07) is 17.8. The summed E-state index contributed by atoms with van der Waals surface area (Å²) < 4.78 is 29.8. The first kappa shape index (κ1) is 11.4. The number of epoxide rings is 1. The summed E-state index contributed by atoms with van der Waals surface area (Å²) in [5.41, 5.74) is 0.157. The van der Waals surface area contributed by atoms with Gasteiger partial charge < -0.3 is 4.74 Å². The molecule has 1 aliphatic heterocycles. The zero-order chi connectivity index (χ0) is 12.6. The summed E-state index contributed by atoms with van der Waals surface area (Å²) in [6.07, 6.45) is -0.337. The van der Waals surface area contributed by atoms with Crippen LogP contribution >= 0.6 is 0 Å². The highest BCUT2D eigenvalue weighted by Crippen LogP contribution is 2.44. The fraction of sp³-hybridized carbons (Fsp3) is 0.143. The second-order valence-corrected chi connectivity index (χ2v) is 6.22. The van der Waals surface area contributed by atoms with E-state index in [9.17, 15) is 8.42 Å². The first-order valence-electron chi connectivity index (χ1n) is 5.69. The van der Waals surface area contributed by atoms with Crippen molar-refractivity contribution in [3.05, 3.63) is 66.2 Å². The lowest BCUT2D eigenvalue weighted by Crippen LogP contribution is -2.09. The molecule has 0 bridgehead atoms. The largest absolute Gasteiger partial charge is 0.347 e. The van der Waals surface area contributed by atoms with Crippen molar-refractivity contribution in [2.24, 2.45) is 0 Å². The fourth-order valence-corrected chi connectivity index (χ4v) is 3.51. The quantitative estimate of drug-likeness (QED) is 0.797. The van der Waals surface area contributed by atoms with Gasteiger partial charge in [0.2, 0.25) is 9.84 Å². The molecule has 3 rings (SSSR count). The van der Waals surface area contributed by atoms with Crippen LogP contribution in [0.3, 0.4) is 0 Å². The van der Waals surface area contributed by atoms with Gasteiger partial charge in [0, 0.05) is 0 Å². The Morgan fingerprint density at radius 2 is 1.39 bits per heavy atom. The first-order chi connectivity index (χ1) is 8.69. The third kappa shape index (κ3) is 1.94. The van der Waals surface area contributed by atoms with Crippen LogP contribution in [0.4, 0.5) is 0 Å². The number of hydrogen-bond acceptors (Lipinski definition) is 3. The Hall–Kier alpha value is -1.65. The maximum absolute atomic E-state index is 12.3. The van der Waals surface area contributed by atoms with E-state index in [-0.39, 0.29) is 6.10 Å². The molecule has 0 unspecified atom stereocenters. The maximum Gasteiger partial charge on any atom is 0.208 e. The van der Waals surface area contributed by atoms with Crippen LogP contribution in [-0.2, 0) is 14.6 Å². The monoisotopic (exact) mass is 260 g/mol. The predicted molar refractivity (Wildman–Crippen MR) is 67.7 cm³/mol. The lowest BCUT2D eigenvalue weighted by Gasteiger charge is -2.00. The Morgan fingerprint density at radius 1 is 0.833 bits per heavy atom. The summed E-state index contributed by atoms with van der Waals surface area (Å²) in [4.78, 5) is 0.313. The highest BCUT2D eigenvalue weighted by molar-refractivity contribution is 7.92. The van der Waals surface area contributed by atoms with Crippen LogP contribution in [0.5, 0.6) is 0 Å². The number of benzene rings is 2. The third-order valence-corrected chi connectivity index (χ3v) is 4.86. The van der Waals surface area contributed by atoms with Crippen LogP contribution in [0.2, 0.25) is 0 Å². The third-order valence-electron chi connectivity index (χ3n) is 2.96. The Bertz CT molecular complexity index is 635. The first-order valence-corrected chi connectivity index (χ1v) is 7.23. The summed E-state index contributed by atoms with van der Waals surface area (Å²) >= 11 is 0. The molecule has 0 spiro atoms. The lowest BCUT2D eigenvalue weighted by atomic mass is 10.2. The Labute approximate surface area is 106 Å². The molecule has 18 heavy (non-hydrogen) atoms. The standard InChI is InChI=1S/C14H12O3S/c15-18(16,12-9-5-2-6-10-12)14-13(17-14)11-7-3-1-4-8-11/h1-10,13-14H/t13-,14-/m1/s1. The Kier molecular flexibility index (Phi) is 2.69. The molecule has 0 amide bonds. The van der Waals surface area contributed by atoms with Crippen molar-refractivity contribution in [2.45, 2.75) is 16.4 Å². The number of hydrogen-bond donors (Lipinski definition) is 0. The van der Waals surface area contributed by atoms with Crippen molar-refractivity contribution in [3.8, 4) is 0 Å². The molecule has 2 aromatic rings. The molecule has 0 radical (unpaired) electrons. The maximum atomic E-state index is 12.3. The van der Waals surface area contributed by atoms with Crippen LogP contribution in [-0.4, -0.2) is 13.9 Å². The van der Waals surface area contributed by atoms with Gasteiger partial charge in [-0.15, -0.1) is 0 Å². The van der Waals surface area contributed by atoms with E-state index in [2.05, 4.69) is 0 Å². The van der Waals surface area contributed by atoms with Gasteiger partial charge in [0.05, 0.1) is 4.90 Å². The van der Waals surface area contributed by atoms with Gasteiger partial charge in [-0.2, -0.15) is 0 Å². The smallest absolute Gasteiger partial charge is 0.208 e. The molecule has 4 heteroatoms. The molecule has 2 aromatic carbocycles. The predicted octanol–water partition coefficient (Wildman–Crippen LogP) is 2.56. The van der Waals surface area contributed by atoms with Gasteiger partial charge in [-0.1, -0.05) is 48.5 Å². The topological polar surface area (TPSA) is 46.7 Å². The van der Waals surface area contributed by atoms with E-state index in [0.29, 0.717) is 4.90 Å². The van der Waals surface area contributed by atoms with Crippen molar-refractivity contribution in [2.75, 3.05) is 0 Å². The zero-order valence-corrected chi connectivity index (χ0v) is 10.4. The molecular formula is C14H12O3S. The molecule has 0 aromatic heterocycles. The van der Waals surface area contributed by atoms with E-state index in [1.807, 2.05) is 30.3 Å². The molecule has 2 atom stereocenters. The van der Waals surface area contributed by atoms with Crippen LogP contribution in [0, 0.1) is 0 Å². The fourth-order valence-electron chi connectivity index (χ4n) is 1.96. The second kappa shape index (κ2) is 4.23. The normalized spacial score (nSPS) is 22.7. The van der Waals surface area contributed by atoms with E-state index in [1.54, 1.807) is 30.3 Å². The SMILES string of the molecule is O=S(=O)(c1ccccc1)[C@H]1O[C@@H]1c1ccccc1. The summed E-state index contributed by atoms with van der Waals surface area (Å²) in [5.74, 6) is 0. The molecule has 0 saturated carbocycles. The minimum absolute atomic E-state index is 0.313. The molecule has 1 saturated heterocycles. The molecule has 1 aliphatic rings. The van der Waals surface area contributed by atoms with Gasteiger partial charge in [-0.25, -0.2) is 8.42 Å². The molecule has 0 N–H and O–H groups in total. The van der Waals surface area contributed by atoms with E-state index in [1.165, 1.54) is 0 Å². The Morgan fingerprint density at radius 3 is 2.00 bits per heavy atom. The molecule has 1 fully saturated rings. The average Bonchev–Trinajstić information content (AvgIpc) is 3.22. The minimum atomic E-state index is -3.39. The highest BCUT2D eigenvalue weighted by Gasteiger charge is 2.50. The van der Waals surface area contributed by atoms with Gasteiger partial charge in [-0.05, 0) is 17.7 Å². The van der Waals surface area contributed by atoms with Crippen LogP contribution in [0.25, 0.3) is 0 Å². The van der Waals surface area contributed by atoms with Gasteiger partial charge in [-0.3, -0.25) is 0 Å². The van der Waals surface area contributed by atoms with Crippen molar-refractivity contribution in [1.29, 1.82) is 0 Å². The molecular weight excluding hydrogens is 248 g/mol. The average molecular weight is 260 g/mol. The second-order valence-electron chi connectivity index (χ2n) is 4.19. The number of ether oxygens (including phenoxy) is 1. The van der Waals surface area contributed by atoms with Crippen molar-refractivity contribution < 1.29 is 13.2 Å². The number of sulfone groups is 1. The van der Waals surface area contributed by atoms with E-state index in [0.717, 1.165) is 5.56 Å². The molecule has 92 valence electrons. The molecule has 0 aliphatic carbocycles. The van der Waals surface area contributed by atoms with Crippen molar-refractivity contribution in [1.82, 2.24) is 0 Å². The van der Waals surface area contributed by atoms with Gasteiger partial charge >= 0.3 is 0 Å². The van der Waals surface area contributed by atoms with Gasteiger partial charge in [0.1, 0.15) is 6.10 Å². The molecule has 3 nitrogen and oxygen atoms in total. The lowest BCUT2D eigenvalue weighted by molar-refractivity contribution is 0.399. The van der Waals surface area contributed by atoms with E-state index >= 15 is 0 Å². The van der Waals surface area contributed by atoms with Crippen LogP contribution in [0.1, 0.15) is 11.7 Å². The summed E-state index contributed by atoms with van der Waals surface area (Å²) in [5, 5.41) is 0. The van der Waals surface area contributed by atoms with Crippen molar-refractivity contribution in [3.63, 3.8) is 0 Å². The Balaban J connectivity index is 1.87. The van der Waals surface area contributed by atoms with Crippen molar-refractivity contribution >= 4 is 9.84 Å². The minimum Gasteiger partial charge on any atom is -0.347 e. The summed E-state index contributed by atoms with van der Waals surface area (Å²) in [7, 11) is -3.39.